The fourth-order valence-electron chi connectivity index (χ4n) is 3.40. The van der Waals surface area contributed by atoms with Gasteiger partial charge in [-0.15, -0.1) is 0 Å². The molecule has 26 heavy (non-hydrogen) atoms. The van der Waals surface area contributed by atoms with E-state index in [9.17, 15) is 4.79 Å². The maximum atomic E-state index is 11.7. The van der Waals surface area contributed by atoms with Crippen LogP contribution < -0.4 is 14.4 Å². The number of rotatable bonds is 6. The molecule has 1 heterocycles. The molecule has 5 nitrogen and oxygen atoms in total. The summed E-state index contributed by atoms with van der Waals surface area (Å²) < 4.78 is 11.0. The van der Waals surface area contributed by atoms with Gasteiger partial charge in [0.2, 0.25) is 0 Å². The molecular formula is C21H26N2O3. The smallest absolute Gasteiger partial charge is 0.159 e. The molecule has 5 heteroatoms. The average molecular weight is 354 g/mol. The van der Waals surface area contributed by atoms with Crippen molar-refractivity contribution in [3.05, 3.63) is 53.6 Å². The van der Waals surface area contributed by atoms with E-state index < -0.39 is 0 Å². The van der Waals surface area contributed by atoms with Crippen LogP contribution in [0.1, 0.15) is 22.8 Å². The van der Waals surface area contributed by atoms with Crippen molar-refractivity contribution < 1.29 is 14.3 Å². The van der Waals surface area contributed by atoms with Gasteiger partial charge < -0.3 is 14.4 Å². The van der Waals surface area contributed by atoms with Crippen molar-refractivity contribution in [1.29, 1.82) is 0 Å². The molecule has 2 aromatic rings. The number of Topliss-reactive ketones (excluding diaryl/α,β-unsaturated/α-hetero) is 1. The number of anilines is 1. The average Bonchev–Trinajstić information content (AvgIpc) is 2.68. The monoisotopic (exact) mass is 354 g/mol. The Balaban J connectivity index is 1.67. The number of benzene rings is 2. The Morgan fingerprint density at radius 2 is 1.65 bits per heavy atom. The van der Waals surface area contributed by atoms with Crippen LogP contribution in [0.4, 0.5) is 5.69 Å². The summed E-state index contributed by atoms with van der Waals surface area (Å²) in [6.07, 6.45) is 0. The first kappa shape index (κ1) is 18.3. The minimum atomic E-state index is 0.0786. The first-order chi connectivity index (χ1) is 12.6. The van der Waals surface area contributed by atoms with E-state index in [2.05, 4.69) is 15.9 Å². The molecule has 2 aromatic carbocycles. The third-order valence-electron chi connectivity index (χ3n) is 4.88. The SMILES string of the molecule is COc1ccc(C(C)=O)cc1CN1CCN(c2ccccc2OC)CC1. The number of carbonyl (C=O) groups is 1. The molecule has 0 N–H and O–H groups in total. The van der Waals surface area contributed by atoms with Crippen molar-refractivity contribution in [3.63, 3.8) is 0 Å². The number of methoxy groups -OCH3 is 2. The summed E-state index contributed by atoms with van der Waals surface area (Å²) in [5.74, 6) is 1.83. The van der Waals surface area contributed by atoms with Gasteiger partial charge in [-0.2, -0.15) is 0 Å². The van der Waals surface area contributed by atoms with Gasteiger partial charge in [-0.1, -0.05) is 12.1 Å². The normalized spacial score (nSPS) is 15.0. The molecule has 1 aliphatic rings. The van der Waals surface area contributed by atoms with Gasteiger partial charge in [-0.05, 0) is 37.3 Å². The Hall–Kier alpha value is -2.53. The zero-order chi connectivity index (χ0) is 18.5. The van der Waals surface area contributed by atoms with Crippen LogP contribution in [0.2, 0.25) is 0 Å². The summed E-state index contributed by atoms with van der Waals surface area (Å²) in [5.41, 5.74) is 2.94. The second-order valence-electron chi connectivity index (χ2n) is 6.52. The molecule has 0 amide bonds. The molecule has 1 saturated heterocycles. The Labute approximate surface area is 155 Å². The number of ketones is 1. The molecule has 0 atom stereocenters. The highest BCUT2D eigenvalue weighted by Crippen LogP contribution is 2.29. The summed E-state index contributed by atoms with van der Waals surface area (Å²) in [5, 5.41) is 0. The lowest BCUT2D eigenvalue weighted by Gasteiger charge is -2.36. The standard InChI is InChI=1S/C21H26N2O3/c1-16(24)17-8-9-20(25-2)18(14-17)15-22-10-12-23(13-11-22)19-6-4-5-7-21(19)26-3/h4-9,14H,10-13,15H2,1-3H3. The second-order valence-corrected chi connectivity index (χ2v) is 6.52. The van der Waals surface area contributed by atoms with Crippen LogP contribution in [0, 0.1) is 0 Å². The first-order valence-corrected chi connectivity index (χ1v) is 8.90. The molecule has 0 aliphatic carbocycles. The number of piperazine rings is 1. The topological polar surface area (TPSA) is 42.0 Å². The van der Waals surface area contributed by atoms with Crippen LogP contribution >= 0.6 is 0 Å². The van der Waals surface area contributed by atoms with E-state index >= 15 is 0 Å². The van der Waals surface area contributed by atoms with Crippen molar-refractivity contribution in [2.75, 3.05) is 45.3 Å². The zero-order valence-electron chi connectivity index (χ0n) is 15.7. The second kappa shape index (κ2) is 8.23. The molecule has 0 saturated carbocycles. The number of para-hydroxylation sites is 2. The predicted octanol–water partition coefficient (Wildman–Crippen LogP) is 3.23. The molecule has 1 fully saturated rings. The molecule has 0 radical (unpaired) electrons. The minimum Gasteiger partial charge on any atom is -0.496 e. The fraction of sp³-hybridized carbons (Fsp3) is 0.381. The quantitative estimate of drug-likeness (QED) is 0.745. The summed E-state index contributed by atoms with van der Waals surface area (Å²) in [4.78, 5) is 16.4. The highest BCUT2D eigenvalue weighted by molar-refractivity contribution is 5.94. The largest absolute Gasteiger partial charge is 0.496 e. The number of nitrogens with zero attached hydrogens (tertiary/aromatic N) is 2. The molecule has 0 spiro atoms. The van der Waals surface area contributed by atoms with Crippen molar-refractivity contribution in [2.24, 2.45) is 0 Å². The molecule has 3 rings (SSSR count). The van der Waals surface area contributed by atoms with Crippen LogP contribution in [0.5, 0.6) is 11.5 Å². The zero-order valence-corrected chi connectivity index (χ0v) is 15.7. The summed E-state index contributed by atoms with van der Waals surface area (Å²) in [6.45, 7) is 6.16. The van der Waals surface area contributed by atoms with E-state index in [0.717, 1.165) is 61.0 Å². The first-order valence-electron chi connectivity index (χ1n) is 8.90. The number of carbonyl (C=O) groups excluding carboxylic acids is 1. The van der Waals surface area contributed by atoms with E-state index in [1.54, 1.807) is 21.1 Å². The molecule has 0 bridgehead atoms. The van der Waals surface area contributed by atoms with Crippen molar-refractivity contribution >= 4 is 11.5 Å². The summed E-state index contributed by atoms with van der Waals surface area (Å²) in [7, 11) is 3.38. The number of hydrogen-bond donors (Lipinski definition) is 0. The Morgan fingerprint density at radius 3 is 2.31 bits per heavy atom. The van der Waals surface area contributed by atoms with Gasteiger partial charge in [-0.3, -0.25) is 9.69 Å². The predicted molar refractivity (Wildman–Crippen MR) is 103 cm³/mol. The van der Waals surface area contributed by atoms with E-state index in [1.807, 2.05) is 36.4 Å². The van der Waals surface area contributed by atoms with E-state index in [0.29, 0.717) is 0 Å². The van der Waals surface area contributed by atoms with Crippen LogP contribution in [-0.2, 0) is 6.54 Å². The Kier molecular flexibility index (Phi) is 5.78. The molecular weight excluding hydrogens is 328 g/mol. The highest BCUT2D eigenvalue weighted by atomic mass is 16.5. The van der Waals surface area contributed by atoms with Crippen molar-refractivity contribution in [3.8, 4) is 11.5 Å². The number of hydrogen-bond acceptors (Lipinski definition) is 5. The van der Waals surface area contributed by atoms with Gasteiger partial charge in [0.1, 0.15) is 11.5 Å². The lowest BCUT2D eigenvalue weighted by Crippen LogP contribution is -2.46. The molecule has 0 aromatic heterocycles. The Bertz CT molecular complexity index is 768. The third-order valence-corrected chi connectivity index (χ3v) is 4.88. The van der Waals surface area contributed by atoms with Crippen LogP contribution in [0.3, 0.4) is 0 Å². The third kappa shape index (κ3) is 3.99. The lowest BCUT2D eigenvalue weighted by atomic mass is 10.1. The van der Waals surface area contributed by atoms with Gasteiger partial charge in [0.05, 0.1) is 19.9 Å². The van der Waals surface area contributed by atoms with Crippen LogP contribution in [0.15, 0.2) is 42.5 Å². The highest BCUT2D eigenvalue weighted by Gasteiger charge is 2.20. The van der Waals surface area contributed by atoms with Gasteiger partial charge >= 0.3 is 0 Å². The van der Waals surface area contributed by atoms with E-state index in [4.69, 9.17) is 9.47 Å². The molecule has 138 valence electrons. The van der Waals surface area contributed by atoms with Crippen LogP contribution in [0.25, 0.3) is 0 Å². The van der Waals surface area contributed by atoms with Crippen molar-refractivity contribution in [1.82, 2.24) is 4.90 Å². The van der Waals surface area contributed by atoms with Gasteiger partial charge in [0, 0.05) is 43.9 Å². The van der Waals surface area contributed by atoms with E-state index in [-0.39, 0.29) is 5.78 Å². The molecule has 1 aliphatic heterocycles. The molecule has 0 unspecified atom stereocenters. The van der Waals surface area contributed by atoms with Gasteiger partial charge in [0.15, 0.2) is 5.78 Å². The maximum absolute atomic E-state index is 11.7. The Morgan fingerprint density at radius 1 is 0.962 bits per heavy atom. The van der Waals surface area contributed by atoms with Crippen molar-refractivity contribution in [2.45, 2.75) is 13.5 Å². The van der Waals surface area contributed by atoms with Gasteiger partial charge in [-0.25, -0.2) is 0 Å². The van der Waals surface area contributed by atoms with Gasteiger partial charge in [0.25, 0.3) is 0 Å². The number of ether oxygens (including phenoxy) is 2. The summed E-state index contributed by atoms with van der Waals surface area (Å²) in [6, 6.07) is 13.8. The fourth-order valence-corrected chi connectivity index (χ4v) is 3.40. The minimum absolute atomic E-state index is 0.0786. The summed E-state index contributed by atoms with van der Waals surface area (Å²) >= 11 is 0. The van der Waals surface area contributed by atoms with Crippen LogP contribution in [-0.4, -0.2) is 51.1 Å². The maximum Gasteiger partial charge on any atom is 0.159 e. The van der Waals surface area contributed by atoms with E-state index in [1.165, 1.54) is 0 Å². The lowest BCUT2D eigenvalue weighted by molar-refractivity contribution is 0.101.